The van der Waals surface area contributed by atoms with Gasteiger partial charge in [0.15, 0.2) is 5.96 Å². The summed E-state index contributed by atoms with van der Waals surface area (Å²) in [6.07, 6.45) is 2.55. The molecule has 22 nitrogen and oxygen atoms in total. The van der Waals surface area contributed by atoms with Gasteiger partial charge >= 0.3 is 11.9 Å². The molecule has 1 aromatic carbocycles. The second-order valence-electron chi connectivity index (χ2n) is 21.4. The number of unbranched alkanes of at least 4 members (excludes halogenated alkanes) is 2. The lowest BCUT2D eigenvalue weighted by atomic mass is 9.89. The first-order valence-electron chi connectivity index (χ1n) is 27.4. The molecule has 4 N–H and O–H groups in total. The van der Waals surface area contributed by atoms with Gasteiger partial charge in [-0.2, -0.15) is 0 Å². The Morgan fingerprint density at radius 2 is 1.47 bits per heavy atom. The van der Waals surface area contributed by atoms with Crippen molar-refractivity contribution in [2.24, 2.45) is 22.7 Å². The maximum atomic E-state index is 14.8. The molecule has 3 saturated heterocycles. The minimum Gasteiger partial charge on any atom is -0.480 e. The Morgan fingerprint density at radius 3 is 2.04 bits per heavy atom. The minimum atomic E-state index is -1.22. The second kappa shape index (κ2) is 31.1. The summed E-state index contributed by atoms with van der Waals surface area (Å²) >= 11 is 1.04. The van der Waals surface area contributed by atoms with E-state index in [1.54, 1.807) is 43.0 Å². The zero-order valence-electron chi connectivity index (χ0n) is 47.7. The van der Waals surface area contributed by atoms with Gasteiger partial charge in [0.2, 0.25) is 41.4 Å². The number of ether oxygens (including phenoxy) is 2. The summed E-state index contributed by atoms with van der Waals surface area (Å²) in [6.45, 7) is 13.3. The number of likely N-dealkylation sites (tertiary alicyclic amines) is 2. The van der Waals surface area contributed by atoms with E-state index in [1.165, 1.54) is 18.9 Å². The van der Waals surface area contributed by atoms with Gasteiger partial charge in [0.05, 0.1) is 41.9 Å². The third-order valence-electron chi connectivity index (χ3n) is 15.2. The number of carbonyl (C=O) groups is 9. The number of aliphatic imine (C=N–C) groups is 1. The highest BCUT2D eigenvalue weighted by Gasteiger charge is 2.44. The molecule has 3 aliphatic heterocycles. The van der Waals surface area contributed by atoms with Crippen LogP contribution in [0, 0.1) is 17.8 Å². The van der Waals surface area contributed by atoms with E-state index in [4.69, 9.17) is 14.5 Å². The van der Waals surface area contributed by atoms with Gasteiger partial charge in [0.1, 0.15) is 18.1 Å². The fraction of sp³-hybridized carbons (Fsp3) is 0.709. The number of guanidine groups is 1. The average molecular weight is 1110 g/mol. The van der Waals surface area contributed by atoms with Gasteiger partial charge in [-0.1, -0.05) is 77.8 Å². The number of hydrogen-bond donors (Lipinski definition) is 4. The highest BCUT2D eigenvalue weighted by Crippen LogP contribution is 2.31. The van der Waals surface area contributed by atoms with Crippen LogP contribution < -0.4 is 10.6 Å². The third kappa shape index (κ3) is 17.9. The van der Waals surface area contributed by atoms with E-state index in [0.29, 0.717) is 83.6 Å². The molecule has 23 heteroatoms. The second-order valence-corrected chi connectivity index (χ2v) is 22.6. The largest absolute Gasteiger partial charge is 0.480 e. The summed E-state index contributed by atoms with van der Waals surface area (Å²) in [5.41, 5.74) is 0.767. The number of imide groups is 1. The molecule has 1 aromatic rings. The van der Waals surface area contributed by atoms with Gasteiger partial charge in [0, 0.05) is 107 Å². The van der Waals surface area contributed by atoms with Crippen LogP contribution in [-0.4, -0.2) is 227 Å². The van der Waals surface area contributed by atoms with Gasteiger partial charge < -0.3 is 54.8 Å². The van der Waals surface area contributed by atoms with Gasteiger partial charge in [-0.25, -0.2) is 14.6 Å². The van der Waals surface area contributed by atoms with Crippen molar-refractivity contribution >= 4 is 71.0 Å². The van der Waals surface area contributed by atoms with E-state index in [2.05, 4.69) is 15.5 Å². The highest BCUT2D eigenvalue weighted by molar-refractivity contribution is 8.00. The van der Waals surface area contributed by atoms with Crippen LogP contribution in [0.1, 0.15) is 105 Å². The molecule has 7 amide bonds. The Balaban J connectivity index is 1.35. The first-order valence-corrected chi connectivity index (χ1v) is 28.4. The van der Waals surface area contributed by atoms with E-state index in [9.17, 15) is 53.4 Å². The molecular weight excluding hydrogens is 1030 g/mol. The van der Waals surface area contributed by atoms with Crippen molar-refractivity contribution in [3.63, 3.8) is 0 Å². The number of thioether (sulfide) groups is 1. The SMILES string of the molecule is CCC(C)C(C(CC(=O)N1CCC[C@H]1C(OC)C(C)C(=O)NC(Cc1ccccc1)C(=O)O)OC)N(C)C(=O)C(/N=C(\N(C)C)N1CCN(C(=O)CCCCCN2C(=O)CC(SCC(NC(C)=O)C(=O)O)C2=O)CC1)C(C)C. The van der Waals surface area contributed by atoms with Crippen molar-refractivity contribution in [1.82, 2.24) is 40.0 Å². The number of aliphatic carboxylic acids is 2. The molecule has 0 bridgehead atoms. The summed E-state index contributed by atoms with van der Waals surface area (Å²) in [7, 11) is 8.50. The summed E-state index contributed by atoms with van der Waals surface area (Å²) in [5.74, 6) is -5.05. The van der Waals surface area contributed by atoms with Crippen molar-refractivity contribution in [3.8, 4) is 0 Å². The van der Waals surface area contributed by atoms with Crippen molar-refractivity contribution in [2.75, 3.05) is 80.4 Å². The molecule has 10 atom stereocenters. The van der Waals surface area contributed by atoms with Crippen LogP contribution in [0.2, 0.25) is 0 Å². The number of rotatable bonds is 29. The normalized spacial score (nSPS) is 20.1. The molecule has 0 radical (unpaired) electrons. The Kier molecular flexibility index (Phi) is 25.8. The van der Waals surface area contributed by atoms with Crippen molar-refractivity contribution < 1.29 is 62.8 Å². The fourth-order valence-electron chi connectivity index (χ4n) is 10.6. The number of carbonyl (C=O) groups excluding carboxylic acids is 7. The van der Waals surface area contributed by atoms with Gasteiger partial charge in [0.25, 0.3) is 0 Å². The zero-order valence-corrected chi connectivity index (χ0v) is 48.5. The molecule has 4 rings (SSSR count). The Labute approximate surface area is 464 Å². The molecule has 3 heterocycles. The number of benzene rings is 1. The molecule has 0 saturated carbocycles. The van der Waals surface area contributed by atoms with E-state index in [-0.39, 0.29) is 72.9 Å². The van der Waals surface area contributed by atoms with Crippen molar-refractivity contribution in [2.45, 2.75) is 153 Å². The van der Waals surface area contributed by atoms with E-state index in [0.717, 1.165) is 17.3 Å². The number of piperazine rings is 1. The number of likely N-dealkylation sites (N-methyl/N-ethyl adjacent to an activating group) is 1. The maximum absolute atomic E-state index is 14.8. The first-order chi connectivity index (χ1) is 36.9. The summed E-state index contributed by atoms with van der Waals surface area (Å²) in [4.78, 5) is 133. The van der Waals surface area contributed by atoms with Crippen LogP contribution >= 0.6 is 11.8 Å². The fourth-order valence-corrected chi connectivity index (χ4v) is 11.8. The van der Waals surface area contributed by atoms with Crippen LogP contribution in [0.15, 0.2) is 35.3 Å². The molecule has 78 heavy (non-hydrogen) atoms. The van der Waals surface area contributed by atoms with Gasteiger partial charge in [-0.05, 0) is 43.1 Å². The van der Waals surface area contributed by atoms with E-state index in [1.807, 2.05) is 69.8 Å². The van der Waals surface area contributed by atoms with Gasteiger partial charge in [-0.15, -0.1) is 11.8 Å². The number of methoxy groups -OCH3 is 2. The van der Waals surface area contributed by atoms with E-state index >= 15 is 0 Å². The average Bonchev–Trinajstić information content (AvgIpc) is 3.99. The smallest absolute Gasteiger partial charge is 0.327 e. The molecule has 0 aliphatic carbocycles. The lowest BCUT2D eigenvalue weighted by Gasteiger charge is -2.41. The number of nitrogens with one attached hydrogen (secondary N) is 2. The van der Waals surface area contributed by atoms with Crippen molar-refractivity contribution in [3.05, 3.63) is 35.9 Å². The van der Waals surface area contributed by atoms with E-state index < -0.39 is 77.3 Å². The third-order valence-corrected chi connectivity index (χ3v) is 16.5. The maximum Gasteiger partial charge on any atom is 0.327 e. The number of nitrogens with zero attached hydrogens (tertiary/aromatic N) is 7. The Hall–Kier alpha value is -5.81. The molecular formula is C55H87N9O13S. The molecule has 436 valence electrons. The molecule has 0 spiro atoms. The predicted molar refractivity (Wildman–Crippen MR) is 295 cm³/mol. The molecule has 3 fully saturated rings. The van der Waals surface area contributed by atoms with Crippen LogP contribution in [0.4, 0.5) is 0 Å². The zero-order chi connectivity index (χ0) is 58.0. The molecule has 3 aliphatic rings. The topological polar surface area (TPSA) is 268 Å². The van der Waals surface area contributed by atoms with Crippen LogP contribution in [-0.2, 0) is 59.0 Å². The number of carboxylic acid groups (broad SMARTS) is 2. The first kappa shape index (κ1) is 64.7. The minimum absolute atomic E-state index is 0.00406. The highest BCUT2D eigenvalue weighted by atomic mass is 32.2. The standard InChI is InChI=1S/C55H87N9O13S/c1-12-35(4)48(42(76-10)31-45(67)63-25-19-22-41(63)49(77-11)36(5)50(69)57-39(53(72)73)30-38-20-15-13-16-21-38)60(9)52(71)47(34(2)3)58-55(59(7)8)62-28-26-61(27-29-62)44(66)23-17-14-18-24-64-46(68)32-43(51(64)70)78-33-40(54(74)75)56-37(6)65/h13,15-16,20-21,34-36,39-43,47-49H,12,14,17-19,22-33H2,1-11H3,(H,56,65)(H,57,69)(H,72,73)(H,74,75)/b58-55+/t35?,36?,39?,40?,41-,42?,43?,47?,48?,49?/m0/s1. The lowest BCUT2D eigenvalue weighted by molar-refractivity contribution is -0.147. The van der Waals surface area contributed by atoms with Crippen LogP contribution in [0.3, 0.4) is 0 Å². The van der Waals surface area contributed by atoms with Gasteiger partial charge in [-0.3, -0.25) is 38.5 Å². The number of carboxylic acids is 2. The Morgan fingerprint density at radius 1 is 0.833 bits per heavy atom. The Bertz CT molecular complexity index is 2250. The monoisotopic (exact) mass is 1110 g/mol. The summed E-state index contributed by atoms with van der Waals surface area (Å²) in [6, 6.07) is 4.95. The lowest BCUT2D eigenvalue weighted by Crippen LogP contribution is -2.56. The number of hydrogen-bond acceptors (Lipinski definition) is 13. The van der Waals surface area contributed by atoms with Crippen LogP contribution in [0.25, 0.3) is 0 Å². The summed E-state index contributed by atoms with van der Waals surface area (Å²) < 4.78 is 12.0. The predicted octanol–water partition coefficient (Wildman–Crippen LogP) is 2.82. The quantitative estimate of drug-likeness (QED) is 0.0389. The number of amides is 7. The molecule has 0 aromatic heterocycles. The van der Waals surface area contributed by atoms with Crippen LogP contribution in [0.5, 0.6) is 0 Å². The molecule has 9 unspecified atom stereocenters. The van der Waals surface area contributed by atoms with Crippen molar-refractivity contribution in [1.29, 1.82) is 0 Å². The summed E-state index contributed by atoms with van der Waals surface area (Å²) in [5, 5.41) is 23.7.